The van der Waals surface area contributed by atoms with Crippen LogP contribution in [0.15, 0.2) is 48.5 Å². The van der Waals surface area contributed by atoms with Crippen molar-refractivity contribution in [2.75, 3.05) is 51.4 Å². The zero-order chi connectivity index (χ0) is 23.5. The monoisotopic (exact) mass is 462 g/mol. The molecule has 0 N–H and O–H groups in total. The van der Waals surface area contributed by atoms with Crippen LogP contribution in [0.5, 0.6) is 5.75 Å². The Balaban J connectivity index is 1.56. The molecule has 2 aliphatic heterocycles. The fourth-order valence-electron chi connectivity index (χ4n) is 4.81. The number of rotatable bonds is 4. The second-order valence-electron chi connectivity index (χ2n) is 8.60. The second kappa shape index (κ2) is 9.63. The summed E-state index contributed by atoms with van der Waals surface area (Å²) in [4.78, 5) is 17.9. The highest BCUT2D eigenvalue weighted by molar-refractivity contribution is 5.88. The van der Waals surface area contributed by atoms with Crippen molar-refractivity contribution in [1.29, 1.82) is 0 Å². The Hall–Kier alpha value is -2.74. The lowest BCUT2D eigenvalue weighted by molar-refractivity contribution is -0.142. The number of hydrogen-bond donors (Lipinski definition) is 0. The summed E-state index contributed by atoms with van der Waals surface area (Å²) in [7, 11) is 1.63. The van der Waals surface area contributed by atoms with Crippen molar-refractivity contribution in [1.82, 2.24) is 4.90 Å². The van der Waals surface area contributed by atoms with E-state index in [9.17, 15) is 18.0 Å². The number of nitrogens with zero attached hydrogens (tertiary/aromatic N) is 2. The summed E-state index contributed by atoms with van der Waals surface area (Å²) in [6.07, 6.45) is -2.91. The molecule has 4 rings (SSSR count). The van der Waals surface area contributed by atoms with Crippen molar-refractivity contribution >= 4 is 11.6 Å². The van der Waals surface area contributed by atoms with Crippen molar-refractivity contribution in [3.8, 4) is 5.75 Å². The highest BCUT2D eigenvalue weighted by atomic mass is 19.4. The fourth-order valence-corrected chi connectivity index (χ4v) is 4.81. The van der Waals surface area contributed by atoms with E-state index in [4.69, 9.17) is 9.47 Å². The summed E-state index contributed by atoms with van der Waals surface area (Å²) < 4.78 is 50.9. The minimum Gasteiger partial charge on any atom is -0.497 e. The van der Waals surface area contributed by atoms with E-state index in [1.165, 1.54) is 6.07 Å². The first-order valence-electron chi connectivity index (χ1n) is 11.3. The predicted octanol–water partition coefficient (Wildman–Crippen LogP) is 4.50. The molecule has 2 fully saturated rings. The number of methoxy groups -OCH3 is 1. The third-order valence-electron chi connectivity index (χ3n) is 6.72. The van der Waals surface area contributed by atoms with Crippen LogP contribution in [0.4, 0.5) is 18.9 Å². The van der Waals surface area contributed by atoms with Crippen molar-refractivity contribution < 1.29 is 27.4 Å². The minimum atomic E-state index is -4.45. The molecule has 0 atom stereocenters. The van der Waals surface area contributed by atoms with Gasteiger partial charge in [-0.2, -0.15) is 13.2 Å². The van der Waals surface area contributed by atoms with Gasteiger partial charge in [-0.1, -0.05) is 18.2 Å². The quantitative estimate of drug-likeness (QED) is 0.671. The van der Waals surface area contributed by atoms with Crippen molar-refractivity contribution in [2.45, 2.75) is 30.9 Å². The van der Waals surface area contributed by atoms with Crippen LogP contribution in [0.1, 0.15) is 30.4 Å². The molecule has 0 unspecified atom stereocenters. The van der Waals surface area contributed by atoms with Gasteiger partial charge < -0.3 is 19.3 Å². The Morgan fingerprint density at radius 3 is 2.39 bits per heavy atom. The van der Waals surface area contributed by atoms with Gasteiger partial charge in [0.1, 0.15) is 5.75 Å². The van der Waals surface area contributed by atoms with E-state index in [2.05, 4.69) is 4.90 Å². The maximum Gasteiger partial charge on any atom is 0.416 e. The lowest BCUT2D eigenvalue weighted by Gasteiger charge is -2.40. The lowest BCUT2D eigenvalue weighted by atomic mass is 9.72. The summed E-state index contributed by atoms with van der Waals surface area (Å²) in [5.74, 6) is 0.689. The number of anilines is 1. The number of hydrogen-bond acceptors (Lipinski definition) is 4. The van der Waals surface area contributed by atoms with Gasteiger partial charge in [0.2, 0.25) is 5.91 Å². The Morgan fingerprint density at radius 2 is 1.73 bits per heavy atom. The van der Waals surface area contributed by atoms with E-state index >= 15 is 0 Å². The van der Waals surface area contributed by atoms with E-state index in [0.29, 0.717) is 51.3 Å². The van der Waals surface area contributed by atoms with Crippen molar-refractivity contribution in [2.24, 2.45) is 0 Å². The van der Waals surface area contributed by atoms with E-state index in [0.717, 1.165) is 36.5 Å². The number of carbonyl (C=O) groups is 1. The molecule has 0 radical (unpaired) electrons. The van der Waals surface area contributed by atoms with Crippen LogP contribution < -0.4 is 9.64 Å². The average molecular weight is 463 g/mol. The van der Waals surface area contributed by atoms with E-state index in [-0.39, 0.29) is 5.91 Å². The molecule has 2 aromatic carbocycles. The van der Waals surface area contributed by atoms with Crippen LogP contribution in [0, 0.1) is 0 Å². The molecule has 2 aromatic rings. The van der Waals surface area contributed by atoms with Gasteiger partial charge in [0.05, 0.1) is 18.1 Å². The largest absolute Gasteiger partial charge is 0.497 e. The van der Waals surface area contributed by atoms with Gasteiger partial charge in [0.25, 0.3) is 0 Å². The molecule has 0 bridgehead atoms. The number of ether oxygens (including phenoxy) is 2. The van der Waals surface area contributed by atoms with Gasteiger partial charge in [-0.05, 0) is 55.2 Å². The van der Waals surface area contributed by atoms with E-state index < -0.39 is 17.2 Å². The smallest absolute Gasteiger partial charge is 0.416 e. The first-order chi connectivity index (χ1) is 15.8. The van der Waals surface area contributed by atoms with Gasteiger partial charge in [0.15, 0.2) is 0 Å². The van der Waals surface area contributed by atoms with Crippen LogP contribution in [0.2, 0.25) is 0 Å². The Bertz CT molecular complexity index is 956. The normalized spacial score (nSPS) is 19.2. The summed E-state index contributed by atoms with van der Waals surface area (Å²) >= 11 is 0. The average Bonchev–Trinajstić information content (AvgIpc) is 3.10. The molecule has 178 valence electrons. The maximum absolute atomic E-state index is 13.9. The SMILES string of the molecule is COc1ccc(N2CCCN(C(=O)C3(c4cccc(C(F)(F)F)c4)CCOCC3)CC2)cc1. The highest BCUT2D eigenvalue weighted by Crippen LogP contribution is 2.40. The molecule has 33 heavy (non-hydrogen) atoms. The number of benzene rings is 2. The van der Waals surface area contributed by atoms with Gasteiger partial charge in [0, 0.05) is 45.1 Å². The molecule has 1 amide bonds. The molecule has 8 heteroatoms. The number of carbonyl (C=O) groups excluding carboxylic acids is 1. The molecule has 0 aliphatic carbocycles. The van der Waals surface area contributed by atoms with Crippen LogP contribution in [-0.4, -0.2) is 57.3 Å². The van der Waals surface area contributed by atoms with Gasteiger partial charge in [-0.15, -0.1) is 0 Å². The summed E-state index contributed by atoms with van der Waals surface area (Å²) in [5, 5.41) is 0. The zero-order valence-electron chi connectivity index (χ0n) is 18.7. The molecule has 5 nitrogen and oxygen atoms in total. The number of halogens is 3. The highest BCUT2D eigenvalue weighted by Gasteiger charge is 2.45. The van der Waals surface area contributed by atoms with Crippen LogP contribution in [0.25, 0.3) is 0 Å². The standard InChI is InChI=1S/C25H29F3N2O3/c1-32-22-8-6-21(7-9-22)29-12-3-13-30(15-14-29)23(31)24(10-16-33-17-11-24)19-4-2-5-20(18-19)25(26,27)28/h2,4-9,18H,3,10-17H2,1H3. The van der Waals surface area contributed by atoms with Gasteiger partial charge in [-0.3, -0.25) is 4.79 Å². The molecule has 2 saturated heterocycles. The lowest BCUT2D eigenvalue weighted by Crippen LogP contribution is -2.51. The van der Waals surface area contributed by atoms with Gasteiger partial charge in [-0.25, -0.2) is 0 Å². The van der Waals surface area contributed by atoms with Crippen LogP contribution in [-0.2, 0) is 21.1 Å². The van der Waals surface area contributed by atoms with Crippen LogP contribution >= 0.6 is 0 Å². The fraction of sp³-hybridized carbons (Fsp3) is 0.480. The molecule has 2 aliphatic rings. The Labute approximate surface area is 192 Å². The summed E-state index contributed by atoms with van der Waals surface area (Å²) in [6.45, 7) is 3.27. The molecular weight excluding hydrogens is 433 g/mol. The minimum absolute atomic E-state index is 0.0956. The van der Waals surface area contributed by atoms with Gasteiger partial charge >= 0.3 is 6.18 Å². The third kappa shape index (κ3) is 4.95. The van der Waals surface area contributed by atoms with Crippen molar-refractivity contribution in [3.63, 3.8) is 0 Å². The molecule has 2 heterocycles. The summed E-state index contributed by atoms with van der Waals surface area (Å²) in [6, 6.07) is 13.1. The predicted molar refractivity (Wildman–Crippen MR) is 120 cm³/mol. The topological polar surface area (TPSA) is 42.0 Å². The van der Waals surface area contributed by atoms with E-state index in [1.54, 1.807) is 13.2 Å². The number of amides is 1. The maximum atomic E-state index is 13.9. The summed E-state index contributed by atoms with van der Waals surface area (Å²) in [5.41, 5.74) is -0.222. The van der Waals surface area contributed by atoms with E-state index in [1.807, 2.05) is 29.2 Å². The molecular formula is C25H29F3N2O3. The Kier molecular flexibility index (Phi) is 6.83. The third-order valence-corrected chi connectivity index (χ3v) is 6.72. The molecule has 0 saturated carbocycles. The first kappa shape index (κ1) is 23.4. The number of alkyl halides is 3. The van der Waals surface area contributed by atoms with Crippen molar-refractivity contribution in [3.05, 3.63) is 59.7 Å². The van der Waals surface area contributed by atoms with Crippen LogP contribution in [0.3, 0.4) is 0 Å². The zero-order valence-corrected chi connectivity index (χ0v) is 18.7. The first-order valence-corrected chi connectivity index (χ1v) is 11.3. The molecule has 0 spiro atoms. The second-order valence-corrected chi connectivity index (χ2v) is 8.60. The molecule has 0 aromatic heterocycles. The Morgan fingerprint density at radius 1 is 1.00 bits per heavy atom.